The van der Waals surface area contributed by atoms with Crippen molar-refractivity contribution >= 4 is 22.9 Å². The summed E-state index contributed by atoms with van der Waals surface area (Å²) in [6.07, 6.45) is 5.51. The fraction of sp³-hybridized carbons (Fsp3) is 0.167. The lowest BCUT2D eigenvalue weighted by Gasteiger charge is -2.03. The largest absolute Gasteiger partial charge is 0.326 e. The molecular formula is C18H16FN3OS. The average Bonchev–Trinajstić information content (AvgIpc) is 3.03. The van der Waals surface area contributed by atoms with E-state index in [1.807, 2.05) is 17.5 Å². The van der Waals surface area contributed by atoms with E-state index in [0.29, 0.717) is 5.69 Å². The molecule has 1 aromatic carbocycles. The molecule has 0 saturated heterocycles. The molecule has 1 N–H and O–H groups in total. The zero-order chi connectivity index (χ0) is 16.8. The smallest absolute Gasteiger partial charge is 0.230 e. The Labute approximate surface area is 143 Å². The number of pyridine rings is 1. The lowest BCUT2D eigenvalue weighted by Crippen LogP contribution is -2.14. The molecule has 0 fully saturated rings. The molecule has 0 spiro atoms. The van der Waals surface area contributed by atoms with Crippen LogP contribution in [-0.4, -0.2) is 15.9 Å². The maximum atomic E-state index is 12.8. The van der Waals surface area contributed by atoms with Gasteiger partial charge in [0.25, 0.3) is 0 Å². The van der Waals surface area contributed by atoms with Crippen LogP contribution in [0.5, 0.6) is 0 Å². The quantitative estimate of drug-likeness (QED) is 0.745. The van der Waals surface area contributed by atoms with Gasteiger partial charge in [0.15, 0.2) is 0 Å². The first-order valence-corrected chi connectivity index (χ1v) is 8.44. The van der Waals surface area contributed by atoms with Crippen molar-refractivity contribution in [2.45, 2.75) is 19.3 Å². The molecule has 0 bridgehead atoms. The van der Waals surface area contributed by atoms with Crippen LogP contribution in [0, 0.1) is 5.82 Å². The number of hydrogen-bond donors (Lipinski definition) is 1. The van der Waals surface area contributed by atoms with Crippen LogP contribution in [0.1, 0.15) is 16.3 Å². The van der Waals surface area contributed by atoms with Crippen molar-refractivity contribution in [3.05, 3.63) is 76.3 Å². The van der Waals surface area contributed by atoms with Crippen molar-refractivity contribution in [2.24, 2.45) is 0 Å². The number of carbonyl (C=O) groups excluding carboxylic acids is 1. The van der Waals surface area contributed by atoms with Gasteiger partial charge < -0.3 is 5.32 Å². The van der Waals surface area contributed by atoms with E-state index in [4.69, 9.17) is 0 Å². The summed E-state index contributed by atoms with van der Waals surface area (Å²) in [6, 6.07) is 9.68. The zero-order valence-corrected chi connectivity index (χ0v) is 13.7. The van der Waals surface area contributed by atoms with E-state index in [1.165, 1.54) is 29.8 Å². The lowest BCUT2D eigenvalue weighted by atomic mass is 10.1. The number of anilines is 1. The molecule has 24 heavy (non-hydrogen) atoms. The highest BCUT2D eigenvalue weighted by Crippen LogP contribution is 2.14. The standard InChI is InChI=1S/C18H16FN3OS/c19-14-2-4-15(5-3-14)21-17(23)11-16-12-24-18(22-16)6-1-13-7-9-20-10-8-13/h2-5,7-10,12H,1,6,11H2,(H,21,23). The first-order chi connectivity index (χ1) is 11.7. The van der Waals surface area contributed by atoms with E-state index in [2.05, 4.69) is 15.3 Å². The molecule has 0 aliphatic rings. The van der Waals surface area contributed by atoms with E-state index in [0.717, 1.165) is 23.5 Å². The number of hydrogen-bond acceptors (Lipinski definition) is 4. The van der Waals surface area contributed by atoms with Crippen LogP contribution in [0.4, 0.5) is 10.1 Å². The van der Waals surface area contributed by atoms with Crippen molar-refractivity contribution < 1.29 is 9.18 Å². The second kappa shape index (κ2) is 7.79. The Hall–Kier alpha value is -2.60. The molecule has 0 atom stereocenters. The average molecular weight is 341 g/mol. The minimum absolute atomic E-state index is 0.160. The van der Waals surface area contributed by atoms with Crippen LogP contribution in [0.15, 0.2) is 54.2 Å². The van der Waals surface area contributed by atoms with Crippen molar-refractivity contribution in [1.82, 2.24) is 9.97 Å². The van der Waals surface area contributed by atoms with Crippen molar-refractivity contribution in [1.29, 1.82) is 0 Å². The van der Waals surface area contributed by atoms with Crippen LogP contribution in [0.2, 0.25) is 0 Å². The molecule has 122 valence electrons. The van der Waals surface area contributed by atoms with Gasteiger partial charge in [-0.1, -0.05) is 0 Å². The predicted octanol–water partition coefficient (Wildman–Crippen LogP) is 3.64. The van der Waals surface area contributed by atoms with E-state index < -0.39 is 0 Å². The highest BCUT2D eigenvalue weighted by atomic mass is 32.1. The molecule has 0 saturated carbocycles. The molecule has 2 heterocycles. The molecule has 0 aliphatic heterocycles. The molecule has 1 amide bonds. The maximum absolute atomic E-state index is 12.8. The third-order valence-electron chi connectivity index (χ3n) is 3.45. The topological polar surface area (TPSA) is 54.9 Å². The number of rotatable bonds is 6. The van der Waals surface area contributed by atoms with Crippen LogP contribution in [0.25, 0.3) is 0 Å². The van der Waals surface area contributed by atoms with Gasteiger partial charge in [-0.25, -0.2) is 9.37 Å². The maximum Gasteiger partial charge on any atom is 0.230 e. The highest BCUT2D eigenvalue weighted by Gasteiger charge is 2.08. The van der Waals surface area contributed by atoms with Crippen molar-refractivity contribution in [3.8, 4) is 0 Å². The molecule has 6 heteroatoms. The van der Waals surface area contributed by atoms with Gasteiger partial charge in [-0.05, 0) is 48.4 Å². The zero-order valence-electron chi connectivity index (χ0n) is 12.9. The van der Waals surface area contributed by atoms with E-state index in [9.17, 15) is 9.18 Å². The Morgan fingerprint density at radius 2 is 1.83 bits per heavy atom. The summed E-state index contributed by atoms with van der Waals surface area (Å²) in [5.41, 5.74) is 2.55. The van der Waals surface area contributed by atoms with Crippen LogP contribution in [-0.2, 0) is 24.1 Å². The molecule has 3 aromatic rings. The van der Waals surface area contributed by atoms with Crippen molar-refractivity contribution in [2.75, 3.05) is 5.32 Å². The van der Waals surface area contributed by atoms with Gasteiger partial charge in [0, 0.05) is 29.9 Å². The van der Waals surface area contributed by atoms with Gasteiger partial charge in [0.05, 0.1) is 17.1 Å². The normalized spacial score (nSPS) is 10.5. The monoisotopic (exact) mass is 341 g/mol. The number of thiazole rings is 1. The van der Waals surface area contributed by atoms with Crippen molar-refractivity contribution in [3.63, 3.8) is 0 Å². The Morgan fingerprint density at radius 1 is 1.08 bits per heavy atom. The fourth-order valence-electron chi connectivity index (χ4n) is 2.25. The summed E-state index contributed by atoms with van der Waals surface area (Å²) in [5, 5.41) is 5.66. The molecule has 0 unspecified atom stereocenters. The second-order valence-electron chi connectivity index (χ2n) is 5.32. The van der Waals surface area contributed by atoms with Crippen LogP contribution < -0.4 is 5.32 Å². The third kappa shape index (κ3) is 4.70. The first kappa shape index (κ1) is 16.3. The minimum atomic E-state index is -0.327. The Balaban J connectivity index is 1.51. The number of nitrogens with one attached hydrogen (secondary N) is 1. The van der Waals surface area contributed by atoms with E-state index in [-0.39, 0.29) is 18.1 Å². The minimum Gasteiger partial charge on any atom is -0.326 e. The molecule has 2 aromatic heterocycles. The van der Waals surface area contributed by atoms with Gasteiger partial charge >= 0.3 is 0 Å². The summed E-state index contributed by atoms with van der Waals surface area (Å²) in [5.74, 6) is -0.487. The Morgan fingerprint density at radius 3 is 2.58 bits per heavy atom. The Kier molecular flexibility index (Phi) is 5.28. The van der Waals surface area contributed by atoms with Crippen LogP contribution >= 0.6 is 11.3 Å². The number of amides is 1. The number of aryl methyl sites for hydroxylation is 2. The summed E-state index contributed by atoms with van der Waals surface area (Å²) in [4.78, 5) is 20.5. The van der Waals surface area contributed by atoms with Crippen LogP contribution in [0.3, 0.4) is 0 Å². The first-order valence-electron chi connectivity index (χ1n) is 7.56. The highest BCUT2D eigenvalue weighted by molar-refractivity contribution is 7.09. The van der Waals surface area contributed by atoms with Gasteiger partial charge in [-0.3, -0.25) is 9.78 Å². The summed E-state index contributed by atoms with van der Waals surface area (Å²) in [7, 11) is 0. The lowest BCUT2D eigenvalue weighted by molar-refractivity contribution is -0.115. The van der Waals surface area contributed by atoms with Gasteiger partial charge in [0.1, 0.15) is 5.82 Å². The van der Waals surface area contributed by atoms with Gasteiger partial charge in [-0.2, -0.15) is 0 Å². The fourth-order valence-corrected chi connectivity index (χ4v) is 3.05. The summed E-state index contributed by atoms with van der Waals surface area (Å²) in [6.45, 7) is 0. The number of carbonyl (C=O) groups is 1. The summed E-state index contributed by atoms with van der Waals surface area (Å²) >= 11 is 1.56. The van der Waals surface area contributed by atoms with Gasteiger partial charge in [-0.15, -0.1) is 11.3 Å². The van der Waals surface area contributed by atoms with E-state index >= 15 is 0 Å². The molecule has 3 rings (SSSR count). The van der Waals surface area contributed by atoms with Gasteiger partial charge in [0.2, 0.25) is 5.91 Å². The molecule has 0 aliphatic carbocycles. The second-order valence-corrected chi connectivity index (χ2v) is 6.26. The van der Waals surface area contributed by atoms with E-state index in [1.54, 1.807) is 23.7 Å². The summed E-state index contributed by atoms with van der Waals surface area (Å²) < 4.78 is 12.8. The molecule has 4 nitrogen and oxygen atoms in total. The number of halogens is 1. The number of aromatic nitrogens is 2. The Bertz CT molecular complexity index is 803. The predicted molar refractivity (Wildman–Crippen MR) is 92.5 cm³/mol. The SMILES string of the molecule is O=C(Cc1csc(CCc2ccncc2)n1)Nc1ccc(F)cc1. The third-order valence-corrected chi connectivity index (χ3v) is 4.40. The molecule has 0 radical (unpaired) electrons. The molecular weight excluding hydrogens is 325 g/mol. The number of nitrogens with zero attached hydrogens (tertiary/aromatic N) is 2. The number of benzene rings is 1.